The molecule has 0 fully saturated rings. The SMILES string of the molecule is CC(c1ccccc1)C(C)(c1ccccc1)c1ccccc1.CC(c1ccccc1)C(C)c1ccccc1.CC1Cc2ccccc2C1C.Cc1cc(C)c(Oc2c(C)cc(C)cc2C)c(C)c1.Cc1ccc(Oc2c(C)cc(C)cc2C)c(C)c1.Cc1ccc2cc(C)ccc2c1.Cc1cccc2c1oc1c(C)cccc12. The molecule has 5 atom stereocenters. The van der Waals surface area contributed by atoms with E-state index in [0.29, 0.717) is 17.8 Å². The normalized spacial score (nSPS) is 13.4. The molecule has 0 N–H and O–H groups in total. The quantitative estimate of drug-likeness (QED) is 0.129. The van der Waals surface area contributed by atoms with E-state index in [2.05, 4.69) is 443 Å². The molecule has 1 aromatic heterocycles. The highest BCUT2D eigenvalue weighted by molar-refractivity contribution is 6.06. The van der Waals surface area contributed by atoms with Crippen LogP contribution in [0, 0.1) is 110 Å². The van der Waals surface area contributed by atoms with Gasteiger partial charge in [0.25, 0.3) is 0 Å². The minimum Gasteiger partial charge on any atom is -0.457 e. The maximum Gasteiger partial charge on any atom is 0.138 e. The number of hydrogen-bond acceptors (Lipinski definition) is 3. The Morgan fingerprint density at radius 3 is 1.04 bits per heavy atom. The fourth-order valence-electron chi connectivity index (χ4n) is 16.1. The third-order valence-corrected chi connectivity index (χ3v) is 22.9. The van der Waals surface area contributed by atoms with E-state index in [9.17, 15) is 0 Å². The molecule has 578 valence electrons. The highest BCUT2D eigenvalue weighted by Crippen LogP contribution is 2.45. The average molecular weight is 1490 g/mol. The molecular weight excluding hydrogens is 1370 g/mol. The number of ether oxygens (including phenoxy) is 2. The van der Waals surface area contributed by atoms with Gasteiger partial charge in [-0.1, -0.05) is 372 Å². The summed E-state index contributed by atoms with van der Waals surface area (Å²) in [5.74, 6) is 7.01. The zero-order valence-electron chi connectivity index (χ0n) is 71.2. The van der Waals surface area contributed by atoms with Crippen LogP contribution in [0.2, 0.25) is 0 Å². The van der Waals surface area contributed by atoms with Crippen molar-refractivity contribution >= 4 is 32.7 Å². The third kappa shape index (κ3) is 21.7. The summed E-state index contributed by atoms with van der Waals surface area (Å²) in [5, 5.41) is 5.10. The van der Waals surface area contributed by atoms with Crippen molar-refractivity contribution in [3.63, 3.8) is 0 Å². The molecule has 113 heavy (non-hydrogen) atoms. The molecule has 3 heteroatoms. The molecular formula is C110H120O3. The van der Waals surface area contributed by atoms with E-state index in [0.717, 1.165) is 46.0 Å². The van der Waals surface area contributed by atoms with Crippen molar-refractivity contribution in [2.75, 3.05) is 0 Å². The topological polar surface area (TPSA) is 31.6 Å². The van der Waals surface area contributed by atoms with Gasteiger partial charge in [0, 0.05) is 16.2 Å². The van der Waals surface area contributed by atoms with Gasteiger partial charge in [0.05, 0.1) is 0 Å². The zero-order valence-corrected chi connectivity index (χ0v) is 71.2. The number of aryl methyl sites for hydroxylation is 15. The Bertz CT molecular complexity index is 5270. The van der Waals surface area contributed by atoms with Gasteiger partial charge in [-0.2, -0.15) is 0 Å². The van der Waals surface area contributed by atoms with Gasteiger partial charge >= 0.3 is 0 Å². The molecule has 16 rings (SSSR count). The molecule has 15 aromatic rings. The highest BCUT2D eigenvalue weighted by Gasteiger charge is 2.36. The first-order chi connectivity index (χ1) is 54.2. The molecule has 14 aromatic carbocycles. The molecule has 0 saturated carbocycles. The van der Waals surface area contributed by atoms with Crippen molar-refractivity contribution < 1.29 is 13.9 Å². The van der Waals surface area contributed by atoms with Crippen LogP contribution in [-0.2, 0) is 11.8 Å². The van der Waals surface area contributed by atoms with E-state index in [-0.39, 0.29) is 5.41 Å². The Morgan fingerprint density at radius 1 is 0.310 bits per heavy atom. The number of rotatable bonds is 11. The number of fused-ring (bicyclic) bond motifs is 5. The van der Waals surface area contributed by atoms with Crippen LogP contribution in [0.25, 0.3) is 32.7 Å². The first-order valence-corrected chi connectivity index (χ1v) is 40.5. The van der Waals surface area contributed by atoms with Crippen LogP contribution < -0.4 is 9.47 Å². The van der Waals surface area contributed by atoms with Gasteiger partial charge in [0.15, 0.2) is 0 Å². The van der Waals surface area contributed by atoms with Crippen molar-refractivity contribution in [1.29, 1.82) is 0 Å². The lowest BCUT2D eigenvalue weighted by Gasteiger charge is -2.37. The second-order valence-electron chi connectivity index (χ2n) is 32.2. The van der Waals surface area contributed by atoms with Crippen LogP contribution in [0.1, 0.15) is 188 Å². The van der Waals surface area contributed by atoms with E-state index in [1.54, 1.807) is 11.1 Å². The molecule has 0 aliphatic heterocycles. The standard InChI is InChI=1S/C22H22.C18H22O.C17H20O.C16H18.C14H12O.C12H12.C11H14/c1-18(19-12-6-3-7-13-19)22(2,20-14-8-4-9-15-20)21-16-10-5-11-17-21;1-11-7-13(3)17(14(4)8-11)19-18-15(5)9-12(2)10-16(18)6;1-11-6-7-16(13(3)8-11)18-17-14(4)9-12(2)10-15(17)5;1-13(15-9-5-3-6-10-15)14(2)16-11-7-4-8-12-16;1-9-5-3-7-11-12-8-4-6-10(2)14(12)15-13(9)11;1-9-3-5-12-8-10(2)4-6-11(12)7-9;1-8-7-10-5-3-4-6-11(10)9(8)2/h3-18H,1-2H3;7-10H,1-6H3;6-10H,1-5H3;3-14H,1-2H3;3-8H,1-2H3;3-8H,1-2H3;3-6,8-9H,7H2,1-2H3. The van der Waals surface area contributed by atoms with Crippen molar-refractivity contribution in [1.82, 2.24) is 0 Å². The average Bonchev–Trinajstić information content (AvgIpc) is 1.69. The third-order valence-electron chi connectivity index (χ3n) is 22.9. The fourth-order valence-corrected chi connectivity index (χ4v) is 16.1. The smallest absolute Gasteiger partial charge is 0.138 e. The maximum atomic E-state index is 6.21. The first-order valence-electron chi connectivity index (χ1n) is 40.5. The van der Waals surface area contributed by atoms with Crippen LogP contribution in [0.15, 0.2) is 308 Å². The lowest BCUT2D eigenvalue weighted by molar-refractivity contribution is 0.467. The summed E-state index contributed by atoms with van der Waals surface area (Å²) in [7, 11) is 0. The molecule has 1 aliphatic carbocycles. The van der Waals surface area contributed by atoms with Crippen molar-refractivity contribution in [2.45, 2.75) is 181 Å². The summed E-state index contributed by atoms with van der Waals surface area (Å²) >= 11 is 0. The first kappa shape index (κ1) is 84.2. The lowest BCUT2D eigenvalue weighted by Crippen LogP contribution is -2.30. The monoisotopic (exact) mass is 1490 g/mol. The molecule has 0 radical (unpaired) electrons. The number of para-hydroxylation sites is 2. The summed E-state index contributed by atoms with van der Waals surface area (Å²) < 4.78 is 18.2. The van der Waals surface area contributed by atoms with Gasteiger partial charge in [-0.05, 0) is 246 Å². The Balaban J connectivity index is 0.000000141. The molecule has 5 unspecified atom stereocenters. The van der Waals surface area contributed by atoms with Crippen LogP contribution in [0.5, 0.6) is 23.0 Å². The Labute approximate surface area is 677 Å². The molecule has 0 bridgehead atoms. The van der Waals surface area contributed by atoms with E-state index in [4.69, 9.17) is 13.9 Å². The van der Waals surface area contributed by atoms with Gasteiger partial charge in [-0.15, -0.1) is 0 Å². The molecule has 0 amide bonds. The Morgan fingerprint density at radius 2 is 0.646 bits per heavy atom. The number of hydrogen-bond donors (Lipinski definition) is 0. The lowest BCUT2D eigenvalue weighted by atomic mass is 9.66. The number of benzene rings is 14. The zero-order chi connectivity index (χ0) is 81.0. The van der Waals surface area contributed by atoms with Crippen LogP contribution >= 0.6 is 0 Å². The van der Waals surface area contributed by atoms with Gasteiger partial charge in [0.1, 0.15) is 34.2 Å². The summed E-state index contributed by atoms with van der Waals surface area (Å²) in [6.45, 7) is 45.5. The molecule has 0 spiro atoms. The second-order valence-corrected chi connectivity index (χ2v) is 32.2. The van der Waals surface area contributed by atoms with Crippen molar-refractivity contribution in [3.05, 3.63) is 426 Å². The van der Waals surface area contributed by atoms with Crippen molar-refractivity contribution in [2.24, 2.45) is 5.92 Å². The van der Waals surface area contributed by atoms with E-state index < -0.39 is 0 Å². The number of furan rings is 1. The van der Waals surface area contributed by atoms with Gasteiger partial charge in [0.2, 0.25) is 0 Å². The predicted molar refractivity (Wildman–Crippen MR) is 486 cm³/mol. The van der Waals surface area contributed by atoms with E-state index in [1.165, 1.54) is 139 Å². The Hall–Kier alpha value is -11.3. The molecule has 0 saturated heterocycles. The summed E-state index contributed by atoms with van der Waals surface area (Å²) in [6, 6.07) is 108. The summed E-state index contributed by atoms with van der Waals surface area (Å²) in [5.41, 5.74) is 30.5. The molecule has 3 nitrogen and oxygen atoms in total. The minimum atomic E-state index is -0.0517. The molecule has 1 heterocycles. The summed E-state index contributed by atoms with van der Waals surface area (Å²) in [4.78, 5) is 0. The van der Waals surface area contributed by atoms with Gasteiger partial charge < -0.3 is 13.9 Å². The van der Waals surface area contributed by atoms with Crippen molar-refractivity contribution in [3.8, 4) is 23.0 Å². The van der Waals surface area contributed by atoms with Crippen LogP contribution in [0.4, 0.5) is 0 Å². The van der Waals surface area contributed by atoms with E-state index in [1.807, 2.05) is 6.07 Å². The fraction of sp³-hybridized carbons (Fsp3) is 0.255. The van der Waals surface area contributed by atoms with Gasteiger partial charge in [-0.3, -0.25) is 0 Å². The summed E-state index contributed by atoms with van der Waals surface area (Å²) in [6.07, 6.45) is 1.28. The van der Waals surface area contributed by atoms with Crippen LogP contribution in [0.3, 0.4) is 0 Å². The van der Waals surface area contributed by atoms with Crippen LogP contribution in [-0.4, -0.2) is 0 Å². The highest BCUT2D eigenvalue weighted by atomic mass is 16.5. The molecule has 1 aliphatic rings. The minimum absolute atomic E-state index is 0.0517. The maximum absolute atomic E-state index is 6.21. The Kier molecular flexibility index (Phi) is 29.3. The predicted octanol–water partition coefficient (Wildman–Crippen LogP) is 31.4. The van der Waals surface area contributed by atoms with E-state index >= 15 is 0 Å². The second kappa shape index (κ2) is 39.3. The van der Waals surface area contributed by atoms with Gasteiger partial charge in [-0.25, -0.2) is 0 Å². The largest absolute Gasteiger partial charge is 0.457 e.